The molecule has 1 N–H and O–H groups in total. The highest BCUT2D eigenvalue weighted by Gasteiger charge is 2.26. The van der Waals surface area contributed by atoms with E-state index in [0.717, 1.165) is 11.3 Å². The molecule has 0 unspecified atom stereocenters. The molecule has 3 heterocycles. The lowest BCUT2D eigenvalue weighted by Crippen LogP contribution is -2.16. The number of ether oxygens (including phenoxy) is 2. The third-order valence-corrected chi connectivity index (χ3v) is 5.15. The summed E-state index contributed by atoms with van der Waals surface area (Å²) in [6.07, 6.45) is 2.69. The fraction of sp³-hybridized carbons (Fsp3) is 0.222. The third-order valence-electron chi connectivity index (χ3n) is 3.97. The Hall–Kier alpha value is -3.27. The summed E-state index contributed by atoms with van der Waals surface area (Å²) in [5.74, 6) is -2.17. The summed E-state index contributed by atoms with van der Waals surface area (Å²) in [5, 5.41) is 2.80. The maximum atomic E-state index is 13.3. The molecule has 3 aromatic rings. The average molecular weight is 405 g/mol. The molecule has 0 aliphatic carbocycles. The van der Waals surface area contributed by atoms with Crippen molar-refractivity contribution in [2.75, 3.05) is 19.5 Å². The number of aromatic nitrogens is 2. The summed E-state index contributed by atoms with van der Waals surface area (Å²) in [6, 6.07) is 2.77. The van der Waals surface area contributed by atoms with Crippen molar-refractivity contribution in [3.63, 3.8) is 0 Å². The van der Waals surface area contributed by atoms with Gasteiger partial charge in [-0.15, -0.1) is 11.3 Å². The lowest BCUT2D eigenvalue weighted by molar-refractivity contribution is -0.115. The molecule has 0 atom stereocenters. The van der Waals surface area contributed by atoms with E-state index in [1.165, 1.54) is 36.9 Å². The number of thiophene rings is 1. The minimum Gasteiger partial charge on any atom is -0.465 e. The van der Waals surface area contributed by atoms with Crippen LogP contribution in [-0.2, 0) is 20.7 Å². The maximum Gasteiger partial charge on any atom is 0.348 e. The molecule has 0 fully saturated rings. The zero-order chi connectivity index (χ0) is 20.4. The predicted molar refractivity (Wildman–Crippen MR) is 99.2 cm³/mol. The lowest BCUT2D eigenvalue weighted by atomic mass is 10.1. The molecular formula is C18H16FN3O5S. The smallest absolute Gasteiger partial charge is 0.348 e. The van der Waals surface area contributed by atoms with Gasteiger partial charge in [0.15, 0.2) is 0 Å². The van der Waals surface area contributed by atoms with Crippen LogP contribution in [0.1, 0.15) is 31.3 Å². The van der Waals surface area contributed by atoms with E-state index in [-0.39, 0.29) is 21.9 Å². The standard InChI is InChI=1S/C18H16FN3O5S/c1-9-14(17(24)26-2)16(28-15(9)18(25)27-3)21-13(23)6-11-8-22-7-10(19)4-5-12(22)20-11/h4-5,7-8H,6H2,1-3H3,(H,21,23). The SMILES string of the molecule is COC(=O)c1sc(NC(=O)Cc2cn3cc(F)ccc3n2)c(C(=O)OC)c1C. The number of nitrogens with one attached hydrogen (secondary N) is 1. The first-order valence-corrected chi connectivity index (χ1v) is 8.88. The second kappa shape index (κ2) is 7.77. The lowest BCUT2D eigenvalue weighted by Gasteiger charge is -2.05. The minimum absolute atomic E-state index is 0.0957. The zero-order valence-electron chi connectivity index (χ0n) is 15.2. The molecule has 0 spiro atoms. The zero-order valence-corrected chi connectivity index (χ0v) is 16.1. The molecule has 0 saturated heterocycles. The van der Waals surface area contributed by atoms with E-state index >= 15 is 0 Å². The average Bonchev–Trinajstić information content (AvgIpc) is 3.20. The second-order valence-corrected chi connectivity index (χ2v) is 6.83. The molecule has 8 nitrogen and oxygen atoms in total. The van der Waals surface area contributed by atoms with Crippen LogP contribution in [0, 0.1) is 12.7 Å². The Morgan fingerprint density at radius 2 is 1.89 bits per heavy atom. The quantitative estimate of drug-likeness (QED) is 0.655. The van der Waals surface area contributed by atoms with Crippen molar-refractivity contribution in [1.29, 1.82) is 0 Å². The van der Waals surface area contributed by atoms with Gasteiger partial charge in [0.05, 0.1) is 31.9 Å². The van der Waals surface area contributed by atoms with Gasteiger partial charge in [-0.05, 0) is 24.6 Å². The molecule has 1 amide bonds. The number of halogens is 1. The van der Waals surface area contributed by atoms with Crippen LogP contribution in [0.25, 0.3) is 5.65 Å². The fourth-order valence-electron chi connectivity index (χ4n) is 2.67. The number of rotatable bonds is 5. The highest BCUT2D eigenvalue weighted by atomic mass is 32.1. The van der Waals surface area contributed by atoms with Crippen molar-refractivity contribution in [3.8, 4) is 0 Å². The molecule has 0 aliphatic heterocycles. The van der Waals surface area contributed by atoms with E-state index < -0.39 is 23.7 Å². The number of anilines is 1. The van der Waals surface area contributed by atoms with Crippen molar-refractivity contribution in [2.45, 2.75) is 13.3 Å². The Labute approximate surface area is 162 Å². The summed E-state index contributed by atoms with van der Waals surface area (Å²) in [6.45, 7) is 1.57. The number of pyridine rings is 1. The van der Waals surface area contributed by atoms with E-state index in [1.54, 1.807) is 13.1 Å². The van der Waals surface area contributed by atoms with Gasteiger partial charge in [0.2, 0.25) is 5.91 Å². The minimum atomic E-state index is -0.678. The number of carbonyl (C=O) groups is 3. The molecule has 0 aliphatic rings. The normalized spacial score (nSPS) is 10.7. The van der Waals surface area contributed by atoms with Crippen LogP contribution in [0.2, 0.25) is 0 Å². The summed E-state index contributed by atoms with van der Waals surface area (Å²) in [7, 11) is 2.43. The van der Waals surface area contributed by atoms with Crippen LogP contribution in [-0.4, -0.2) is 41.5 Å². The topological polar surface area (TPSA) is 99.0 Å². The highest BCUT2D eigenvalue weighted by Crippen LogP contribution is 2.34. The highest BCUT2D eigenvalue weighted by molar-refractivity contribution is 7.18. The van der Waals surface area contributed by atoms with E-state index in [2.05, 4.69) is 10.3 Å². The van der Waals surface area contributed by atoms with Crippen LogP contribution < -0.4 is 5.32 Å². The van der Waals surface area contributed by atoms with Gasteiger partial charge >= 0.3 is 11.9 Å². The Kier molecular flexibility index (Phi) is 5.41. The Morgan fingerprint density at radius 3 is 2.57 bits per heavy atom. The number of carbonyl (C=O) groups excluding carboxylic acids is 3. The number of amides is 1. The Bertz CT molecular complexity index is 1090. The number of esters is 2. The van der Waals surface area contributed by atoms with Gasteiger partial charge in [0.25, 0.3) is 0 Å². The van der Waals surface area contributed by atoms with Crippen LogP contribution in [0.15, 0.2) is 24.5 Å². The Balaban J connectivity index is 1.86. The second-order valence-electron chi connectivity index (χ2n) is 5.81. The molecule has 0 radical (unpaired) electrons. The van der Waals surface area contributed by atoms with E-state index in [9.17, 15) is 18.8 Å². The molecular weight excluding hydrogens is 389 g/mol. The van der Waals surface area contributed by atoms with Gasteiger partial charge in [-0.25, -0.2) is 19.0 Å². The molecule has 3 rings (SSSR count). The Morgan fingerprint density at radius 1 is 1.18 bits per heavy atom. The molecule has 0 aromatic carbocycles. The van der Waals surface area contributed by atoms with Gasteiger partial charge in [-0.1, -0.05) is 0 Å². The monoisotopic (exact) mass is 405 g/mol. The van der Waals surface area contributed by atoms with Crippen molar-refractivity contribution >= 4 is 39.8 Å². The van der Waals surface area contributed by atoms with E-state index in [0.29, 0.717) is 16.9 Å². The largest absolute Gasteiger partial charge is 0.465 e. The molecule has 10 heteroatoms. The summed E-state index contributed by atoms with van der Waals surface area (Å²) >= 11 is 0.926. The maximum absolute atomic E-state index is 13.3. The number of nitrogens with zero attached hydrogens (tertiary/aromatic N) is 2. The number of fused-ring (bicyclic) bond motifs is 1. The van der Waals surface area contributed by atoms with Gasteiger partial charge in [0, 0.05) is 12.4 Å². The van der Waals surface area contributed by atoms with E-state index in [4.69, 9.17) is 9.47 Å². The molecule has 3 aromatic heterocycles. The summed E-state index contributed by atoms with van der Waals surface area (Å²) in [4.78, 5) is 40.9. The summed E-state index contributed by atoms with van der Waals surface area (Å²) in [5.41, 5.74) is 1.38. The van der Waals surface area contributed by atoms with Crippen LogP contribution in [0.4, 0.5) is 9.39 Å². The van der Waals surface area contributed by atoms with Gasteiger partial charge in [-0.3, -0.25) is 4.79 Å². The third kappa shape index (κ3) is 3.72. The van der Waals surface area contributed by atoms with Crippen molar-refractivity contribution in [3.05, 3.63) is 52.0 Å². The predicted octanol–water partition coefficient (Wildman–Crippen LogP) is 2.60. The van der Waals surface area contributed by atoms with Gasteiger partial charge < -0.3 is 19.2 Å². The molecule has 28 heavy (non-hydrogen) atoms. The summed E-state index contributed by atoms with van der Waals surface area (Å²) < 4.78 is 24.2. The van der Waals surface area contributed by atoms with Crippen LogP contribution in [0.5, 0.6) is 0 Å². The van der Waals surface area contributed by atoms with Crippen LogP contribution >= 0.6 is 11.3 Å². The van der Waals surface area contributed by atoms with Crippen molar-refractivity contribution in [2.24, 2.45) is 0 Å². The first-order chi connectivity index (χ1) is 13.3. The van der Waals surface area contributed by atoms with Gasteiger partial charge in [-0.2, -0.15) is 0 Å². The fourth-order valence-corrected chi connectivity index (χ4v) is 3.80. The molecule has 0 saturated carbocycles. The number of imidazole rings is 1. The van der Waals surface area contributed by atoms with E-state index in [1.807, 2.05) is 0 Å². The molecule has 146 valence electrons. The van der Waals surface area contributed by atoms with Crippen LogP contribution in [0.3, 0.4) is 0 Å². The first-order valence-electron chi connectivity index (χ1n) is 8.07. The van der Waals surface area contributed by atoms with Crippen molar-refractivity contribution < 1.29 is 28.2 Å². The number of hydrogen-bond acceptors (Lipinski definition) is 7. The van der Waals surface area contributed by atoms with Gasteiger partial charge in [0.1, 0.15) is 21.3 Å². The number of methoxy groups -OCH3 is 2. The first kappa shape index (κ1) is 19.5. The molecule has 0 bridgehead atoms. The van der Waals surface area contributed by atoms with Crippen molar-refractivity contribution in [1.82, 2.24) is 9.38 Å². The number of hydrogen-bond donors (Lipinski definition) is 1.